The number of carbonyl (C=O) groups excluding carboxylic acids is 5. The van der Waals surface area contributed by atoms with Gasteiger partial charge in [-0.2, -0.15) is 8.78 Å². The van der Waals surface area contributed by atoms with Crippen molar-refractivity contribution in [2.24, 2.45) is 10.2 Å². The molecule has 1 aromatic rings. The van der Waals surface area contributed by atoms with E-state index < -0.39 is 59.2 Å². The largest absolute Gasteiger partial charge is 0.420 e. The topological polar surface area (TPSA) is 314 Å². The van der Waals surface area contributed by atoms with Crippen molar-refractivity contribution < 1.29 is 88.6 Å². The minimum absolute atomic E-state index is 0.00850. The van der Waals surface area contributed by atoms with E-state index in [2.05, 4.69) is 46.1 Å². The van der Waals surface area contributed by atoms with E-state index in [-0.39, 0.29) is 156 Å². The summed E-state index contributed by atoms with van der Waals surface area (Å²) < 4.78 is 114. The molecule has 1 aromatic carbocycles. The van der Waals surface area contributed by atoms with Crippen LogP contribution in [0.1, 0.15) is 57.8 Å². The second-order valence-electron chi connectivity index (χ2n) is 14.5. The molecule has 0 fully saturated rings. The molecule has 71 heavy (non-hydrogen) atoms. The van der Waals surface area contributed by atoms with Crippen molar-refractivity contribution in [2.75, 3.05) is 138 Å². The standard InChI is InChI=1S/C42H65F5N10O14/c43-36-37(44)39(46)41(40(47)38(36)45)71-35(61)9-17-65-23-27-69-29-30-70-28-26-66-18-12-52-42(62)31(5-2-1-3-10-50-32(58)7-15-63-21-24-67-19-13-53-56-48)55-34(60)6-4-11-51-33(59)8-16-64-22-25-68-20-14-54-57-49/h31H,1-30H2,(H,50,58)(H,51,59)(H,52,62)(H,55,60)/t31-/m0/s1. The van der Waals surface area contributed by atoms with Crippen LogP contribution in [0.5, 0.6) is 5.75 Å². The summed E-state index contributed by atoms with van der Waals surface area (Å²) in [5, 5.41) is 17.8. The molecule has 0 aliphatic heterocycles. The molecule has 1 rings (SSSR count). The van der Waals surface area contributed by atoms with Crippen LogP contribution in [0, 0.1) is 29.1 Å². The summed E-state index contributed by atoms with van der Waals surface area (Å²) >= 11 is 0. The van der Waals surface area contributed by atoms with Gasteiger partial charge in [0.1, 0.15) is 6.04 Å². The Bertz CT molecular complexity index is 1770. The summed E-state index contributed by atoms with van der Waals surface area (Å²) in [5.74, 6) is -15.6. The van der Waals surface area contributed by atoms with E-state index in [0.29, 0.717) is 51.9 Å². The Morgan fingerprint density at radius 2 is 0.873 bits per heavy atom. The first-order chi connectivity index (χ1) is 34.4. The summed E-state index contributed by atoms with van der Waals surface area (Å²) in [5.41, 5.74) is 16.5. The molecule has 0 saturated heterocycles. The summed E-state index contributed by atoms with van der Waals surface area (Å²) in [6.45, 7) is 4.05. The number of unbranched alkanes of at least 4 members (excludes halogenated alkanes) is 2. The normalized spacial score (nSPS) is 11.3. The minimum atomic E-state index is -2.38. The highest BCUT2D eigenvalue weighted by atomic mass is 19.2. The Balaban J connectivity index is 2.31. The fourth-order valence-electron chi connectivity index (χ4n) is 5.47. The third-order valence-corrected chi connectivity index (χ3v) is 9.03. The Morgan fingerprint density at radius 3 is 1.37 bits per heavy atom. The molecule has 0 aromatic heterocycles. The predicted molar refractivity (Wildman–Crippen MR) is 239 cm³/mol. The fraction of sp³-hybridized carbons (Fsp3) is 0.738. The first kappa shape index (κ1) is 63.5. The van der Waals surface area contributed by atoms with Crippen molar-refractivity contribution in [3.05, 3.63) is 50.0 Å². The van der Waals surface area contributed by atoms with Crippen LogP contribution < -0.4 is 26.0 Å². The zero-order chi connectivity index (χ0) is 52.2. The van der Waals surface area contributed by atoms with Crippen molar-refractivity contribution in [2.45, 2.75) is 63.8 Å². The quantitative estimate of drug-likeness (QED) is 0.00838. The van der Waals surface area contributed by atoms with E-state index in [9.17, 15) is 45.9 Å². The highest BCUT2D eigenvalue weighted by Crippen LogP contribution is 2.29. The van der Waals surface area contributed by atoms with Gasteiger partial charge >= 0.3 is 5.97 Å². The Kier molecular flexibility index (Phi) is 38.8. The number of nitrogens with one attached hydrogen (secondary N) is 4. The number of azide groups is 2. The summed E-state index contributed by atoms with van der Waals surface area (Å²) in [7, 11) is 0. The molecule has 402 valence electrons. The number of carbonyl (C=O) groups is 5. The Hall–Kier alpha value is -5.48. The maximum Gasteiger partial charge on any atom is 0.313 e. The molecule has 4 N–H and O–H groups in total. The summed E-state index contributed by atoms with van der Waals surface area (Å²) in [6, 6.07) is -0.846. The van der Waals surface area contributed by atoms with E-state index in [4.69, 9.17) is 49.0 Å². The molecule has 0 spiro atoms. The van der Waals surface area contributed by atoms with Gasteiger partial charge in [-0.1, -0.05) is 23.1 Å². The van der Waals surface area contributed by atoms with E-state index in [1.54, 1.807) is 0 Å². The monoisotopic (exact) mass is 1030 g/mol. The number of ether oxygens (including phenoxy) is 9. The van der Waals surface area contributed by atoms with E-state index >= 15 is 0 Å². The number of benzene rings is 1. The van der Waals surface area contributed by atoms with Gasteiger partial charge in [-0.05, 0) is 30.3 Å². The molecule has 0 aliphatic rings. The lowest BCUT2D eigenvalue weighted by Gasteiger charge is -2.19. The van der Waals surface area contributed by atoms with Crippen LogP contribution in [0.3, 0.4) is 0 Å². The molecule has 0 saturated carbocycles. The van der Waals surface area contributed by atoms with Gasteiger partial charge in [-0.15, -0.1) is 0 Å². The van der Waals surface area contributed by atoms with Crippen molar-refractivity contribution in [3.63, 3.8) is 0 Å². The first-order valence-electron chi connectivity index (χ1n) is 22.9. The van der Waals surface area contributed by atoms with Crippen molar-refractivity contribution >= 4 is 29.6 Å². The molecule has 29 heteroatoms. The average molecular weight is 1030 g/mol. The van der Waals surface area contributed by atoms with Crippen molar-refractivity contribution in [1.29, 1.82) is 0 Å². The van der Waals surface area contributed by atoms with E-state index in [1.165, 1.54) is 0 Å². The second kappa shape index (κ2) is 43.3. The molecule has 0 radical (unpaired) electrons. The lowest BCUT2D eigenvalue weighted by molar-refractivity contribution is -0.136. The number of nitrogens with zero attached hydrogens (tertiary/aromatic N) is 6. The van der Waals surface area contributed by atoms with Gasteiger partial charge in [0.2, 0.25) is 58.5 Å². The maximum atomic E-state index is 13.7. The summed E-state index contributed by atoms with van der Waals surface area (Å²) in [4.78, 5) is 67.2. The lowest BCUT2D eigenvalue weighted by Crippen LogP contribution is -2.47. The van der Waals surface area contributed by atoms with Gasteiger partial charge in [-0.25, -0.2) is 13.2 Å². The van der Waals surface area contributed by atoms with Crippen LogP contribution >= 0.6 is 0 Å². The first-order valence-corrected chi connectivity index (χ1v) is 22.9. The maximum absolute atomic E-state index is 13.7. The molecular weight excluding hydrogens is 964 g/mol. The van der Waals surface area contributed by atoms with Gasteiger partial charge in [-0.3, -0.25) is 24.0 Å². The van der Waals surface area contributed by atoms with Crippen molar-refractivity contribution in [1.82, 2.24) is 21.3 Å². The molecule has 0 heterocycles. The number of esters is 1. The van der Waals surface area contributed by atoms with Crippen LogP contribution in [0.25, 0.3) is 20.9 Å². The van der Waals surface area contributed by atoms with Crippen LogP contribution in [0.15, 0.2) is 10.2 Å². The Labute approximate surface area is 407 Å². The van der Waals surface area contributed by atoms with Gasteiger partial charge in [0, 0.05) is 61.8 Å². The number of halogens is 5. The van der Waals surface area contributed by atoms with Crippen LogP contribution in [-0.4, -0.2) is 174 Å². The number of hydrogen-bond donors (Lipinski definition) is 4. The highest BCUT2D eigenvalue weighted by Gasteiger charge is 2.28. The van der Waals surface area contributed by atoms with Crippen LogP contribution in [0.4, 0.5) is 22.0 Å². The number of amides is 4. The van der Waals surface area contributed by atoms with Crippen molar-refractivity contribution in [3.8, 4) is 5.75 Å². The molecule has 0 unspecified atom stereocenters. The van der Waals surface area contributed by atoms with Crippen LogP contribution in [-0.2, 0) is 61.9 Å². The smallest absolute Gasteiger partial charge is 0.313 e. The fourth-order valence-corrected chi connectivity index (χ4v) is 5.47. The lowest BCUT2D eigenvalue weighted by atomic mass is 10.1. The molecule has 0 aliphatic carbocycles. The van der Waals surface area contributed by atoms with E-state index in [0.717, 1.165) is 0 Å². The predicted octanol–water partition coefficient (Wildman–Crippen LogP) is 3.39. The van der Waals surface area contributed by atoms with Crippen LogP contribution in [0.2, 0.25) is 0 Å². The molecule has 4 amide bonds. The molecule has 24 nitrogen and oxygen atoms in total. The SMILES string of the molecule is [N-]=[N+]=NCCOCCOCCC(=O)NCCCCC[C@H](NC(=O)CCCNC(=O)CCOCCOCCN=[N+]=[N-])C(=O)NCCOCCOCCOCCOCCC(=O)Oc1c(F)c(F)c(F)c(F)c1F. The van der Waals surface area contributed by atoms with Gasteiger partial charge in [0.25, 0.3) is 0 Å². The van der Waals surface area contributed by atoms with Gasteiger partial charge < -0.3 is 63.9 Å². The Morgan fingerprint density at radius 1 is 0.451 bits per heavy atom. The zero-order valence-corrected chi connectivity index (χ0v) is 39.6. The average Bonchev–Trinajstić information content (AvgIpc) is 3.36. The summed E-state index contributed by atoms with van der Waals surface area (Å²) in [6.07, 6.45) is 2.31. The molecule has 1 atom stereocenters. The van der Waals surface area contributed by atoms with E-state index in [1.807, 2.05) is 0 Å². The minimum Gasteiger partial charge on any atom is -0.420 e. The number of hydrogen-bond acceptors (Lipinski definition) is 16. The zero-order valence-electron chi connectivity index (χ0n) is 39.6. The highest BCUT2D eigenvalue weighted by molar-refractivity contribution is 5.87. The van der Waals surface area contributed by atoms with Gasteiger partial charge in [0.05, 0.1) is 112 Å². The second-order valence-corrected chi connectivity index (χ2v) is 14.5. The molecular formula is C42H65F5N10O14. The third-order valence-electron chi connectivity index (χ3n) is 9.03. The van der Waals surface area contributed by atoms with Gasteiger partial charge in [0.15, 0.2) is 0 Å². The number of rotatable bonds is 46. The molecule has 0 bridgehead atoms. The third kappa shape index (κ3) is 33.7.